The maximum atomic E-state index is 14.1. The molecular formula is C23H23FN4O3. The van der Waals surface area contributed by atoms with Crippen LogP contribution in [0.3, 0.4) is 0 Å². The van der Waals surface area contributed by atoms with Crippen molar-refractivity contribution in [2.45, 2.75) is 13.3 Å². The topological polar surface area (TPSA) is 85.8 Å². The number of halogens is 1. The van der Waals surface area contributed by atoms with Crippen molar-refractivity contribution in [3.63, 3.8) is 0 Å². The molecule has 31 heavy (non-hydrogen) atoms. The molecule has 0 unspecified atom stereocenters. The van der Waals surface area contributed by atoms with Crippen LogP contribution in [0.15, 0.2) is 48.5 Å². The molecule has 2 N–H and O–H groups in total. The van der Waals surface area contributed by atoms with Gasteiger partial charge in [-0.05, 0) is 36.4 Å². The van der Waals surface area contributed by atoms with Gasteiger partial charge in [-0.25, -0.2) is 14.2 Å². The van der Waals surface area contributed by atoms with Gasteiger partial charge in [0, 0.05) is 43.7 Å². The molecule has 2 heterocycles. The van der Waals surface area contributed by atoms with Crippen molar-refractivity contribution >= 4 is 40.0 Å². The van der Waals surface area contributed by atoms with Gasteiger partial charge < -0.3 is 20.2 Å². The second kappa shape index (κ2) is 8.59. The van der Waals surface area contributed by atoms with E-state index in [0.717, 1.165) is 0 Å². The maximum absolute atomic E-state index is 14.1. The number of aromatic nitrogens is 1. The Balaban J connectivity index is 1.60. The number of pyridine rings is 1. The highest BCUT2D eigenvalue weighted by atomic mass is 19.1. The van der Waals surface area contributed by atoms with Crippen LogP contribution < -0.4 is 15.1 Å². The number of nitrogens with one attached hydrogen (secondary N) is 1. The first-order valence-electron chi connectivity index (χ1n) is 10.2. The Bertz CT molecular complexity index is 1140. The van der Waals surface area contributed by atoms with Crippen LogP contribution in [0.25, 0.3) is 10.9 Å². The summed E-state index contributed by atoms with van der Waals surface area (Å²) in [5, 5.41) is 13.0. The summed E-state index contributed by atoms with van der Waals surface area (Å²) in [4.78, 5) is 32.2. The number of nitrogens with zero attached hydrogens (tertiary/aromatic N) is 3. The molecule has 0 atom stereocenters. The van der Waals surface area contributed by atoms with Crippen molar-refractivity contribution < 1.29 is 19.1 Å². The van der Waals surface area contributed by atoms with Gasteiger partial charge in [-0.3, -0.25) is 4.79 Å². The van der Waals surface area contributed by atoms with Crippen LogP contribution in [0.2, 0.25) is 0 Å². The van der Waals surface area contributed by atoms with Gasteiger partial charge in [-0.2, -0.15) is 0 Å². The molecule has 1 fully saturated rings. The number of carboxylic acid groups (broad SMARTS) is 1. The van der Waals surface area contributed by atoms with Crippen LogP contribution in [-0.4, -0.2) is 48.1 Å². The van der Waals surface area contributed by atoms with Gasteiger partial charge in [-0.15, -0.1) is 0 Å². The average Bonchev–Trinajstić information content (AvgIpc) is 2.78. The first-order chi connectivity index (χ1) is 15.0. The van der Waals surface area contributed by atoms with Crippen LogP contribution in [0.1, 0.15) is 23.7 Å². The number of aromatic carboxylic acids is 1. The van der Waals surface area contributed by atoms with Crippen molar-refractivity contribution in [3.05, 3.63) is 59.9 Å². The SMILES string of the molecule is CCC(=O)Nc1ccc2nc(N3CCN(c4ccccc4F)CC3)cc(C(=O)O)c2c1. The molecule has 0 saturated carbocycles. The number of benzene rings is 2. The minimum absolute atomic E-state index is 0.129. The molecule has 0 bridgehead atoms. The number of hydrogen-bond acceptors (Lipinski definition) is 5. The van der Waals surface area contributed by atoms with E-state index in [1.54, 1.807) is 43.3 Å². The van der Waals surface area contributed by atoms with E-state index < -0.39 is 5.97 Å². The molecule has 0 radical (unpaired) electrons. The summed E-state index contributed by atoms with van der Waals surface area (Å²) < 4.78 is 14.1. The van der Waals surface area contributed by atoms with Crippen molar-refractivity contribution in [1.29, 1.82) is 0 Å². The number of carbonyl (C=O) groups excluding carboxylic acids is 1. The summed E-state index contributed by atoms with van der Waals surface area (Å²) in [6.45, 7) is 4.14. The van der Waals surface area contributed by atoms with E-state index in [2.05, 4.69) is 10.3 Å². The molecule has 0 spiro atoms. The third-order valence-corrected chi connectivity index (χ3v) is 5.43. The van der Waals surface area contributed by atoms with Crippen molar-refractivity contribution in [3.8, 4) is 0 Å². The van der Waals surface area contributed by atoms with Gasteiger partial charge in [0.2, 0.25) is 5.91 Å². The fourth-order valence-electron chi connectivity index (χ4n) is 3.76. The van der Waals surface area contributed by atoms with E-state index >= 15 is 0 Å². The Labute approximate surface area is 179 Å². The zero-order valence-electron chi connectivity index (χ0n) is 17.1. The van der Waals surface area contributed by atoms with E-state index in [-0.39, 0.29) is 17.3 Å². The lowest BCUT2D eigenvalue weighted by Crippen LogP contribution is -2.47. The second-order valence-corrected chi connectivity index (χ2v) is 7.39. The average molecular weight is 422 g/mol. The number of fused-ring (bicyclic) bond motifs is 1. The molecule has 1 aromatic heterocycles. The normalized spacial score (nSPS) is 14.0. The molecule has 1 amide bonds. The molecule has 4 rings (SSSR count). The molecule has 1 aliphatic rings. The molecular weight excluding hydrogens is 399 g/mol. The van der Waals surface area contributed by atoms with Crippen LogP contribution in [0.5, 0.6) is 0 Å². The lowest BCUT2D eigenvalue weighted by Gasteiger charge is -2.37. The highest BCUT2D eigenvalue weighted by Crippen LogP contribution is 2.28. The van der Waals surface area contributed by atoms with Crippen molar-refractivity contribution in [1.82, 2.24) is 4.98 Å². The van der Waals surface area contributed by atoms with Gasteiger partial charge in [0.05, 0.1) is 16.8 Å². The van der Waals surface area contributed by atoms with E-state index in [9.17, 15) is 19.1 Å². The Morgan fingerprint density at radius 2 is 1.77 bits per heavy atom. The monoisotopic (exact) mass is 422 g/mol. The zero-order valence-corrected chi connectivity index (χ0v) is 17.1. The number of amides is 1. The van der Waals surface area contributed by atoms with E-state index in [4.69, 9.17) is 0 Å². The number of carbonyl (C=O) groups is 2. The number of rotatable bonds is 5. The largest absolute Gasteiger partial charge is 0.478 e. The van der Waals surface area contributed by atoms with Crippen molar-refractivity contribution in [2.24, 2.45) is 0 Å². The molecule has 2 aromatic carbocycles. The highest BCUT2D eigenvalue weighted by Gasteiger charge is 2.22. The summed E-state index contributed by atoms with van der Waals surface area (Å²) in [7, 11) is 0. The molecule has 8 heteroatoms. The van der Waals surface area contributed by atoms with Gasteiger partial charge >= 0.3 is 5.97 Å². The zero-order chi connectivity index (χ0) is 22.0. The maximum Gasteiger partial charge on any atom is 0.336 e. The lowest BCUT2D eigenvalue weighted by molar-refractivity contribution is -0.115. The third-order valence-electron chi connectivity index (χ3n) is 5.43. The van der Waals surface area contributed by atoms with Gasteiger partial charge in [-0.1, -0.05) is 19.1 Å². The number of anilines is 3. The van der Waals surface area contributed by atoms with Gasteiger partial charge in [0.15, 0.2) is 0 Å². The lowest BCUT2D eigenvalue weighted by atomic mass is 10.1. The minimum Gasteiger partial charge on any atom is -0.478 e. The van der Waals surface area contributed by atoms with E-state index in [1.165, 1.54) is 6.07 Å². The molecule has 7 nitrogen and oxygen atoms in total. The molecule has 1 aliphatic heterocycles. The summed E-state index contributed by atoms with van der Waals surface area (Å²) in [6.07, 6.45) is 0.333. The molecule has 160 valence electrons. The predicted molar refractivity (Wildman–Crippen MR) is 118 cm³/mol. The second-order valence-electron chi connectivity index (χ2n) is 7.39. The third kappa shape index (κ3) is 4.28. The first kappa shape index (κ1) is 20.6. The van der Waals surface area contributed by atoms with Crippen molar-refractivity contribution in [2.75, 3.05) is 41.3 Å². The van der Waals surface area contributed by atoms with Gasteiger partial charge in [0.1, 0.15) is 11.6 Å². The number of carboxylic acids is 1. The smallest absolute Gasteiger partial charge is 0.336 e. The summed E-state index contributed by atoms with van der Waals surface area (Å²) in [6, 6.07) is 13.3. The van der Waals surface area contributed by atoms with Crippen LogP contribution >= 0.6 is 0 Å². The highest BCUT2D eigenvalue weighted by molar-refractivity contribution is 6.05. The molecule has 1 saturated heterocycles. The number of piperazine rings is 1. The van der Waals surface area contributed by atoms with E-state index in [1.807, 2.05) is 15.9 Å². The van der Waals surface area contributed by atoms with Crippen LogP contribution in [-0.2, 0) is 4.79 Å². The summed E-state index contributed by atoms with van der Waals surface area (Å²) >= 11 is 0. The molecule has 3 aromatic rings. The quantitative estimate of drug-likeness (QED) is 0.651. The predicted octanol–water partition coefficient (Wildman–Crippen LogP) is 3.75. The Kier molecular flexibility index (Phi) is 5.70. The number of hydrogen-bond donors (Lipinski definition) is 2. The minimum atomic E-state index is -1.06. The van der Waals surface area contributed by atoms with Crippen LogP contribution in [0.4, 0.5) is 21.6 Å². The Morgan fingerprint density at radius 3 is 2.45 bits per heavy atom. The summed E-state index contributed by atoms with van der Waals surface area (Å²) in [5.74, 6) is -0.881. The molecule has 0 aliphatic carbocycles. The summed E-state index contributed by atoms with van der Waals surface area (Å²) in [5.41, 5.74) is 1.78. The standard InChI is InChI=1S/C23H23FN4O3/c1-2-22(29)25-15-7-8-19-16(13-15)17(23(30)31)14-21(26-19)28-11-9-27(10-12-28)20-6-4-3-5-18(20)24/h3-8,13-14H,2,9-12H2,1H3,(H,25,29)(H,30,31). The fourth-order valence-corrected chi connectivity index (χ4v) is 3.76. The Hall–Kier alpha value is -3.68. The first-order valence-corrected chi connectivity index (χ1v) is 10.2. The van der Waals surface area contributed by atoms with Gasteiger partial charge in [0.25, 0.3) is 0 Å². The number of para-hydroxylation sites is 1. The van der Waals surface area contributed by atoms with E-state index in [0.29, 0.717) is 60.7 Å². The van der Waals surface area contributed by atoms with Crippen LogP contribution in [0, 0.1) is 5.82 Å². The fraction of sp³-hybridized carbons (Fsp3) is 0.261. The Morgan fingerprint density at radius 1 is 1.06 bits per heavy atom.